The fourth-order valence-corrected chi connectivity index (χ4v) is 2.39. The molecule has 1 amide bonds. The van der Waals surface area contributed by atoms with Gasteiger partial charge in [0.1, 0.15) is 6.54 Å². The zero-order valence-electron chi connectivity index (χ0n) is 11.2. The second-order valence-electron chi connectivity index (χ2n) is 5.39. The number of hydrogen-bond acceptors (Lipinski definition) is 2. The molecule has 1 aliphatic heterocycles. The number of amides is 1. The molecule has 0 radical (unpaired) electrons. The van der Waals surface area contributed by atoms with Crippen LogP contribution in [0.5, 0.6) is 0 Å². The fourth-order valence-electron chi connectivity index (χ4n) is 2.13. The third-order valence-corrected chi connectivity index (χ3v) is 3.68. The SMILES string of the molecule is CC1(C)CC(c2ccc(Br)cc2)=NN(CC(F)F)C1=O. The lowest BCUT2D eigenvalue weighted by molar-refractivity contribution is -0.143. The summed E-state index contributed by atoms with van der Waals surface area (Å²) in [6, 6.07) is 7.43. The van der Waals surface area contributed by atoms with Crippen LogP contribution in [0.2, 0.25) is 0 Å². The molecule has 0 atom stereocenters. The van der Waals surface area contributed by atoms with Crippen LogP contribution in [-0.4, -0.2) is 29.6 Å². The van der Waals surface area contributed by atoms with Gasteiger partial charge < -0.3 is 0 Å². The molecule has 20 heavy (non-hydrogen) atoms. The molecule has 1 aromatic carbocycles. The van der Waals surface area contributed by atoms with E-state index in [0.717, 1.165) is 15.0 Å². The van der Waals surface area contributed by atoms with Gasteiger partial charge in [-0.05, 0) is 17.7 Å². The number of benzene rings is 1. The standard InChI is InChI=1S/C14H15BrF2N2O/c1-14(2)7-11(9-3-5-10(15)6-4-9)18-19(13(14)20)8-12(16)17/h3-6,12H,7-8H2,1-2H3. The Balaban J connectivity index is 2.36. The molecule has 1 aliphatic rings. The van der Waals surface area contributed by atoms with Crippen molar-refractivity contribution in [2.24, 2.45) is 10.5 Å². The number of carbonyl (C=O) groups excluding carboxylic acids is 1. The van der Waals surface area contributed by atoms with Crippen molar-refractivity contribution >= 4 is 27.5 Å². The van der Waals surface area contributed by atoms with Gasteiger partial charge in [-0.2, -0.15) is 5.10 Å². The number of rotatable bonds is 3. The Morgan fingerprint density at radius 2 is 1.95 bits per heavy atom. The lowest BCUT2D eigenvalue weighted by Gasteiger charge is -2.34. The minimum Gasteiger partial charge on any atom is -0.272 e. The van der Waals surface area contributed by atoms with Crippen LogP contribution in [0.15, 0.2) is 33.8 Å². The quantitative estimate of drug-likeness (QED) is 0.823. The molecule has 0 bridgehead atoms. The predicted molar refractivity (Wildman–Crippen MR) is 76.8 cm³/mol. The summed E-state index contributed by atoms with van der Waals surface area (Å²) in [5, 5.41) is 5.00. The predicted octanol–water partition coefficient (Wildman–Crippen LogP) is 3.68. The van der Waals surface area contributed by atoms with E-state index in [9.17, 15) is 13.6 Å². The normalized spacial score (nSPS) is 18.4. The van der Waals surface area contributed by atoms with Crippen LogP contribution in [0.3, 0.4) is 0 Å². The maximum absolute atomic E-state index is 12.6. The highest BCUT2D eigenvalue weighted by Gasteiger charge is 2.38. The number of carbonyl (C=O) groups is 1. The van der Waals surface area contributed by atoms with Gasteiger partial charge in [0, 0.05) is 10.9 Å². The van der Waals surface area contributed by atoms with Crippen LogP contribution in [-0.2, 0) is 4.79 Å². The van der Waals surface area contributed by atoms with Crippen molar-refractivity contribution in [3.05, 3.63) is 34.3 Å². The molecule has 1 aromatic rings. The molecule has 0 N–H and O–H groups in total. The van der Waals surface area contributed by atoms with E-state index < -0.39 is 18.4 Å². The molecular weight excluding hydrogens is 330 g/mol. The molecule has 6 heteroatoms. The molecule has 3 nitrogen and oxygen atoms in total. The van der Waals surface area contributed by atoms with Crippen molar-refractivity contribution in [1.29, 1.82) is 0 Å². The first-order chi connectivity index (χ1) is 9.29. The van der Waals surface area contributed by atoms with Gasteiger partial charge in [-0.25, -0.2) is 13.8 Å². The molecule has 2 rings (SSSR count). The molecule has 0 unspecified atom stereocenters. The number of alkyl halides is 2. The van der Waals surface area contributed by atoms with E-state index in [1.54, 1.807) is 13.8 Å². The topological polar surface area (TPSA) is 32.7 Å². The van der Waals surface area contributed by atoms with Crippen molar-refractivity contribution in [3.63, 3.8) is 0 Å². The summed E-state index contributed by atoms with van der Waals surface area (Å²) in [7, 11) is 0. The van der Waals surface area contributed by atoms with Crippen LogP contribution in [0, 0.1) is 5.41 Å². The maximum Gasteiger partial charge on any atom is 0.258 e. The Bertz CT molecular complexity index is 541. The monoisotopic (exact) mass is 344 g/mol. The van der Waals surface area contributed by atoms with Gasteiger partial charge in [0.2, 0.25) is 5.91 Å². The molecule has 0 saturated heterocycles. The largest absolute Gasteiger partial charge is 0.272 e. The summed E-state index contributed by atoms with van der Waals surface area (Å²) in [4.78, 5) is 12.1. The first-order valence-corrected chi connectivity index (χ1v) is 7.02. The second-order valence-corrected chi connectivity index (χ2v) is 6.31. The Hall–Kier alpha value is -1.30. The minimum absolute atomic E-state index is 0.362. The first-order valence-electron chi connectivity index (χ1n) is 6.23. The van der Waals surface area contributed by atoms with Crippen LogP contribution in [0.25, 0.3) is 0 Å². The van der Waals surface area contributed by atoms with Crippen molar-refractivity contribution < 1.29 is 13.6 Å². The molecular formula is C14H15BrF2N2O. The van der Waals surface area contributed by atoms with Gasteiger partial charge in [-0.1, -0.05) is 41.9 Å². The van der Waals surface area contributed by atoms with E-state index in [1.807, 2.05) is 24.3 Å². The average Bonchev–Trinajstić information content (AvgIpc) is 2.35. The molecule has 0 saturated carbocycles. The van der Waals surface area contributed by atoms with Gasteiger partial charge in [0.15, 0.2) is 0 Å². The van der Waals surface area contributed by atoms with Crippen LogP contribution < -0.4 is 0 Å². The van der Waals surface area contributed by atoms with E-state index in [2.05, 4.69) is 21.0 Å². The summed E-state index contributed by atoms with van der Waals surface area (Å²) >= 11 is 3.34. The van der Waals surface area contributed by atoms with Crippen LogP contribution in [0.4, 0.5) is 8.78 Å². The Labute approximate surface area is 124 Å². The van der Waals surface area contributed by atoms with Gasteiger partial charge in [-0.15, -0.1) is 0 Å². The van der Waals surface area contributed by atoms with E-state index in [1.165, 1.54) is 0 Å². The summed E-state index contributed by atoms with van der Waals surface area (Å²) in [5.74, 6) is -0.362. The Kier molecular flexibility index (Phi) is 4.22. The highest BCUT2D eigenvalue weighted by atomic mass is 79.9. The third kappa shape index (κ3) is 3.23. The molecule has 0 aliphatic carbocycles. The number of nitrogens with zero attached hydrogens (tertiary/aromatic N) is 2. The van der Waals surface area contributed by atoms with Gasteiger partial charge in [0.25, 0.3) is 6.43 Å². The smallest absolute Gasteiger partial charge is 0.258 e. The van der Waals surface area contributed by atoms with Crippen molar-refractivity contribution in [2.45, 2.75) is 26.7 Å². The molecule has 0 fully saturated rings. The lowest BCUT2D eigenvalue weighted by Crippen LogP contribution is -2.45. The molecule has 108 valence electrons. The van der Waals surface area contributed by atoms with E-state index in [-0.39, 0.29) is 5.91 Å². The Morgan fingerprint density at radius 3 is 2.50 bits per heavy atom. The summed E-state index contributed by atoms with van der Waals surface area (Å²) < 4.78 is 26.0. The first kappa shape index (κ1) is 15.1. The molecule has 1 heterocycles. The maximum atomic E-state index is 12.6. The van der Waals surface area contributed by atoms with Crippen molar-refractivity contribution in [2.75, 3.05) is 6.54 Å². The van der Waals surface area contributed by atoms with E-state index in [0.29, 0.717) is 12.1 Å². The molecule has 0 spiro atoms. The van der Waals surface area contributed by atoms with Crippen LogP contribution >= 0.6 is 15.9 Å². The Morgan fingerprint density at radius 1 is 1.35 bits per heavy atom. The van der Waals surface area contributed by atoms with E-state index >= 15 is 0 Å². The minimum atomic E-state index is -2.59. The van der Waals surface area contributed by atoms with Crippen LogP contribution in [0.1, 0.15) is 25.8 Å². The zero-order chi connectivity index (χ0) is 14.9. The number of hydrogen-bond donors (Lipinski definition) is 0. The summed E-state index contributed by atoms with van der Waals surface area (Å²) in [5.41, 5.74) is 0.773. The molecule has 0 aromatic heterocycles. The van der Waals surface area contributed by atoms with Gasteiger partial charge in [0.05, 0.1) is 11.1 Å². The van der Waals surface area contributed by atoms with Crippen molar-refractivity contribution in [1.82, 2.24) is 5.01 Å². The highest BCUT2D eigenvalue weighted by Crippen LogP contribution is 2.31. The average molecular weight is 345 g/mol. The lowest BCUT2D eigenvalue weighted by atomic mass is 9.83. The third-order valence-electron chi connectivity index (χ3n) is 3.15. The van der Waals surface area contributed by atoms with Crippen molar-refractivity contribution in [3.8, 4) is 0 Å². The summed E-state index contributed by atoms with van der Waals surface area (Å²) in [6.07, 6.45) is -2.16. The summed E-state index contributed by atoms with van der Waals surface area (Å²) in [6.45, 7) is 2.84. The highest BCUT2D eigenvalue weighted by molar-refractivity contribution is 9.10. The van der Waals surface area contributed by atoms with E-state index in [4.69, 9.17) is 0 Å². The second kappa shape index (κ2) is 5.60. The number of halogens is 3. The van der Waals surface area contributed by atoms with Gasteiger partial charge >= 0.3 is 0 Å². The number of hydrazone groups is 1. The van der Waals surface area contributed by atoms with Gasteiger partial charge in [-0.3, -0.25) is 4.79 Å². The zero-order valence-corrected chi connectivity index (χ0v) is 12.8. The fraction of sp³-hybridized carbons (Fsp3) is 0.429.